The molecule has 0 spiro atoms. The number of thioether (sulfide) groups is 1. The van der Waals surface area contributed by atoms with Gasteiger partial charge in [-0.1, -0.05) is 32.9 Å². The van der Waals surface area contributed by atoms with Crippen molar-refractivity contribution in [2.24, 2.45) is 5.92 Å². The maximum absolute atomic E-state index is 5.58. The molecule has 0 saturated carbocycles. The molecule has 1 heterocycles. The van der Waals surface area contributed by atoms with E-state index in [0.717, 1.165) is 37.7 Å². The van der Waals surface area contributed by atoms with E-state index in [1.165, 1.54) is 29.1 Å². The lowest BCUT2D eigenvalue weighted by Crippen LogP contribution is -2.32. The molecule has 21 heavy (non-hydrogen) atoms. The van der Waals surface area contributed by atoms with Gasteiger partial charge in [-0.3, -0.25) is 0 Å². The third-order valence-corrected chi connectivity index (χ3v) is 5.34. The number of rotatable bonds is 9. The molecular weight excluding hydrogens is 278 g/mol. The van der Waals surface area contributed by atoms with Crippen molar-refractivity contribution in [2.45, 2.75) is 46.1 Å². The number of aryl methyl sites for hydroxylation is 1. The maximum atomic E-state index is 5.58. The van der Waals surface area contributed by atoms with Crippen LogP contribution in [0.2, 0.25) is 0 Å². The Balaban J connectivity index is 1.80. The van der Waals surface area contributed by atoms with Crippen LogP contribution < -0.4 is 10.1 Å². The average Bonchev–Trinajstić information content (AvgIpc) is 2.91. The van der Waals surface area contributed by atoms with Gasteiger partial charge in [0.15, 0.2) is 0 Å². The number of ether oxygens (including phenoxy) is 1. The van der Waals surface area contributed by atoms with Gasteiger partial charge in [0.2, 0.25) is 0 Å². The molecule has 0 bridgehead atoms. The third kappa shape index (κ3) is 5.55. The summed E-state index contributed by atoms with van der Waals surface area (Å²) in [6, 6.07) is 7.34. The Morgan fingerprint density at radius 3 is 2.90 bits per heavy atom. The first-order valence-electron chi connectivity index (χ1n) is 8.24. The second-order valence-corrected chi connectivity index (χ2v) is 7.34. The Morgan fingerprint density at radius 2 is 2.14 bits per heavy atom. The zero-order valence-electron chi connectivity index (χ0n) is 13.7. The number of hydrogen-bond donors (Lipinski definition) is 1. The van der Waals surface area contributed by atoms with Gasteiger partial charge in [-0.25, -0.2) is 0 Å². The molecule has 1 N–H and O–H groups in total. The minimum Gasteiger partial charge on any atom is -0.493 e. The Morgan fingerprint density at radius 1 is 1.29 bits per heavy atom. The fraction of sp³-hybridized carbons (Fsp3) is 0.667. The lowest BCUT2D eigenvalue weighted by Gasteiger charge is -2.18. The quantitative estimate of drug-likeness (QED) is 0.747. The summed E-state index contributed by atoms with van der Waals surface area (Å²) in [5.41, 5.74) is 2.85. The van der Waals surface area contributed by atoms with Crippen LogP contribution in [0.1, 0.15) is 38.3 Å². The second kappa shape index (κ2) is 8.70. The molecule has 1 aliphatic heterocycles. The zero-order valence-corrected chi connectivity index (χ0v) is 14.5. The zero-order chi connectivity index (χ0) is 15.1. The first kappa shape index (κ1) is 16.7. The molecule has 1 atom stereocenters. The molecule has 0 saturated heterocycles. The average molecular weight is 308 g/mol. The molecule has 1 aliphatic rings. The molecular formula is C18H29NOS. The van der Waals surface area contributed by atoms with Crippen molar-refractivity contribution in [3.05, 3.63) is 29.3 Å². The van der Waals surface area contributed by atoms with Crippen molar-refractivity contribution >= 4 is 11.8 Å². The lowest BCUT2D eigenvalue weighted by atomic mass is 10.0. The van der Waals surface area contributed by atoms with Gasteiger partial charge in [-0.05, 0) is 48.3 Å². The topological polar surface area (TPSA) is 21.3 Å². The van der Waals surface area contributed by atoms with E-state index in [2.05, 4.69) is 56.0 Å². The summed E-state index contributed by atoms with van der Waals surface area (Å²) >= 11 is 2.08. The summed E-state index contributed by atoms with van der Waals surface area (Å²) in [7, 11) is 0. The second-order valence-electron chi connectivity index (χ2n) is 6.27. The Labute approximate surface area is 134 Å². The SMILES string of the molecule is CCNC(CCc1ccc2c(c1)CCO2)CSCC(C)C. The molecule has 1 aromatic rings. The number of hydrogen-bond acceptors (Lipinski definition) is 3. The van der Waals surface area contributed by atoms with Gasteiger partial charge < -0.3 is 10.1 Å². The van der Waals surface area contributed by atoms with E-state index in [0.29, 0.717) is 6.04 Å². The van der Waals surface area contributed by atoms with Crippen molar-refractivity contribution in [1.29, 1.82) is 0 Å². The number of fused-ring (bicyclic) bond motifs is 1. The standard InChI is InChI=1S/C18H29NOS/c1-4-19-17(13-21-12-14(2)3)7-5-15-6-8-18-16(11-15)9-10-20-18/h6,8,11,14,17,19H,4-5,7,9-10,12-13H2,1-3H3. The van der Waals surface area contributed by atoms with Gasteiger partial charge in [0, 0.05) is 18.2 Å². The number of benzene rings is 1. The molecule has 0 radical (unpaired) electrons. The minimum atomic E-state index is 0.628. The van der Waals surface area contributed by atoms with Gasteiger partial charge in [0.05, 0.1) is 6.61 Å². The highest BCUT2D eigenvalue weighted by atomic mass is 32.2. The highest BCUT2D eigenvalue weighted by molar-refractivity contribution is 7.99. The molecule has 0 amide bonds. The molecule has 0 aliphatic carbocycles. The minimum absolute atomic E-state index is 0.628. The van der Waals surface area contributed by atoms with Crippen LogP contribution in [-0.4, -0.2) is 30.7 Å². The molecule has 2 rings (SSSR count). The first-order valence-corrected chi connectivity index (χ1v) is 9.40. The molecule has 0 aromatic heterocycles. The fourth-order valence-corrected chi connectivity index (χ4v) is 3.89. The Hall–Kier alpha value is -0.670. The predicted octanol–water partition coefficient (Wildman–Crippen LogP) is 3.92. The Bertz CT molecular complexity index is 433. The van der Waals surface area contributed by atoms with E-state index in [-0.39, 0.29) is 0 Å². The van der Waals surface area contributed by atoms with Crippen LogP contribution in [0.3, 0.4) is 0 Å². The predicted molar refractivity (Wildman–Crippen MR) is 93.6 cm³/mol. The van der Waals surface area contributed by atoms with Crippen LogP contribution in [0.15, 0.2) is 18.2 Å². The fourth-order valence-electron chi connectivity index (χ4n) is 2.72. The molecule has 1 aromatic carbocycles. The van der Waals surface area contributed by atoms with Crippen LogP contribution in [0, 0.1) is 5.92 Å². The first-order chi connectivity index (χ1) is 10.2. The highest BCUT2D eigenvalue weighted by Crippen LogP contribution is 2.26. The smallest absolute Gasteiger partial charge is 0.122 e. The van der Waals surface area contributed by atoms with E-state index in [9.17, 15) is 0 Å². The van der Waals surface area contributed by atoms with Crippen LogP contribution in [-0.2, 0) is 12.8 Å². The van der Waals surface area contributed by atoms with Crippen molar-refractivity contribution in [3.63, 3.8) is 0 Å². The van der Waals surface area contributed by atoms with Crippen molar-refractivity contribution in [2.75, 3.05) is 24.7 Å². The third-order valence-electron chi connectivity index (χ3n) is 3.80. The maximum Gasteiger partial charge on any atom is 0.122 e. The highest BCUT2D eigenvalue weighted by Gasteiger charge is 2.13. The largest absolute Gasteiger partial charge is 0.493 e. The van der Waals surface area contributed by atoms with E-state index >= 15 is 0 Å². The van der Waals surface area contributed by atoms with Crippen LogP contribution in [0.25, 0.3) is 0 Å². The molecule has 2 nitrogen and oxygen atoms in total. The van der Waals surface area contributed by atoms with E-state index in [1.54, 1.807) is 0 Å². The molecule has 3 heteroatoms. The monoisotopic (exact) mass is 307 g/mol. The summed E-state index contributed by atoms with van der Waals surface area (Å²) < 4.78 is 5.58. The van der Waals surface area contributed by atoms with Crippen LogP contribution in [0.4, 0.5) is 0 Å². The van der Waals surface area contributed by atoms with Gasteiger partial charge in [0.25, 0.3) is 0 Å². The summed E-state index contributed by atoms with van der Waals surface area (Å²) in [6.45, 7) is 8.70. The number of nitrogens with one attached hydrogen (secondary N) is 1. The van der Waals surface area contributed by atoms with Crippen molar-refractivity contribution in [3.8, 4) is 5.75 Å². The molecule has 118 valence electrons. The summed E-state index contributed by atoms with van der Waals surface area (Å²) in [5, 5.41) is 3.63. The molecule has 0 fully saturated rings. The van der Waals surface area contributed by atoms with Gasteiger partial charge in [-0.2, -0.15) is 11.8 Å². The van der Waals surface area contributed by atoms with Gasteiger partial charge in [-0.15, -0.1) is 0 Å². The van der Waals surface area contributed by atoms with E-state index < -0.39 is 0 Å². The van der Waals surface area contributed by atoms with E-state index in [4.69, 9.17) is 4.74 Å². The normalized spacial score (nSPS) is 15.0. The van der Waals surface area contributed by atoms with E-state index in [1.807, 2.05) is 0 Å². The van der Waals surface area contributed by atoms with Crippen LogP contribution in [0.5, 0.6) is 5.75 Å². The summed E-state index contributed by atoms with van der Waals surface area (Å²) in [4.78, 5) is 0. The Kier molecular flexibility index (Phi) is 6.91. The summed E-state index contributed by atoms with van der Waals surface area (Å²) in [5.74, 6) is 4.36. The van der Waals surface area contributed by atoms with Gasteiger partial charge >= 0.3 is 0 Å². The molecule has 1 unspecified atom stereocenters. The van der Waals surface area contributed by atoms with Crippen molar-refractivity contribution in [1.82, 2.24) is 5.32 Å². The summed E-state index contributed by atoms with van der Waals surface area (Å²) in [6.07, 6.45) is 3.45. The van der Waals surface area contributed by atoms with Gasteiger partial charge in [0.1, 0.15) is 5.75 Å². The van der Waals surface area contributed by atoms with Crippen LogP contribution >= 0.6 is 11.8 Å². The van der Waals surface area contributed by atoms with Crippen molar-refractivity contribution < 1.29 is 4.74 Å². The lowest BCUT2D eigenvalue weighted by molar-refractivity contribution is 0.357.